The van der Waals surface area contributed by atoms with E-state index in [4.69, 9.17) is 0 Å². The molecule has 25 heavy (non-hydrogen) atoms. The van der Waals surface area contributed by atoms with Crippen LogP contribution in [0.5, 0.6) is 0 Å². The summed E-state index contributed by atoms with van der Waals surface area (Å²) < 4.78 is 39.5. The Balaban J connectivity index is 1.51. The van der Waals surface area contributed by atoms with Crippen LogP contribution in [0.3, 0.4) is 0 Å². The zero-order valence-corrected chi connectivity index (χ0v) is 15.2. The van der Waals surface area contributed by atoms with Crippen LogP contribution in [0.4, 0.5) is 13.2 Å². The summed E-state index contributed by atoms with van der Waals surface area (Å²) in [5.74, 6) is 1.18. The van der Waals surface area contributed by atoms with Gasteiger partial charge >= 0.3 is 6.18 Å². The Bertz CT molecular complexity index is 665. The Morgan fingerprint density at radius 1 is 1.16 bits per heavy atom. The lowest BCUT2D eigenvalue weighted by molar-refractivity contribution is -0.147. The smallest absolute Gasteiger partial charge is 0.302 e. The number of Topliss-reactive ketones (excluding diaryl/α,β-unsaturated/α-hetero) is 1. The van der Waals surface area contributed by atoms with Crippen LogP contribution in [-0.4, -0.2) is 25.8 Å². The van der Waals surface area contributed by atoms with Gasteiger partial charge in [0.05, 0.1) is 5.25 Å². The molecule has 4 bridgehead atoms. The van der Waals surface area contributed by atoms with Crippen LogP contribution < -0.4 is 0 Å². The largest absolute Gasteiger partial charge is 0.451 e. The fraction of sp³-hybridized carbons (Fsp3) is 0.824. The van der Waals surface area contributed by atoms with Crippen molar-refractivity contribution in [3.63, 3.8) is 0 Å². The molecule has 4 aliphatic carbocycles. The summed E-state index contributed by atoms with van der Waals surface area (Å²) >= 11 is 1.10. The molecule has 0 saturated heterocycles. The van der Waals surface area contributed by atoms with Crippen LogP contribution in [0.15, 0.2) is 5.16 Å². The summed E-state index contributed by atoms with van der Waals surface area (Å²) in [7, 11) is 1.30. The lowest BCUT2D eigenvalue weighted by atomic mass is 9.48. The highest BCUT2D eigenvalue weighted by atomic mass is 32.2. The molecule has 5 rings (SSSR count). The number of halogens is 3. The van der Waals surface area contributed by atoms with E-state index in [1.807, 2.05) is 0 Å². The maximum absolute atomic E-state index is 13.2. The number of hydrogen-bond acceptors (Lipinski definition) is 4. The van der Waals surface area contributed by atoms with Crippen molar-refractivity contribution in [3.05, 3.63) is 5.82 Å². The van der Waals surface area contributed by atoms with Gasteiger partial charge in [0.15, 0.2) is 10.9 Å². The molecule has 1 heterocycles. The van der Waals surface area contributed by atoms with Crippen LogP contribution in [-0.2, 0) is 18.0 Å². The molecular weight excluding hydrogens is 351 g/mol. The van der Waals surface area contributed by atoms with Crippen LogP contribution in [0.25, 0.3) is 0 Å². The molecule has 0 aliphatic heterocycles. The molecule has 1 atom stereocenters. The maximum Gasteiger partial charge on any atom is 0.451 e. The molecule has 1 aromatic heterocycles. The highest BCUT2D eigenvalue weighted by Crippen LogP contribution is 2.61. The number of hydrogen-bond donors (Lipinski definition) is 0. The minimum atomic E-state index is -4.53. The molecule has 4 aliphatic rings. The molecule has 0 radical (unpaired) electrons. The van der Waals surface area contributed by atoms with Crippen molar-refractivity contribution in [3.8, 4) is 0 Å². The van der Waals surface area contributed by atoms with Gasteiger partial charge in [0.25, 0.3) is 0 Å². The van der Waals surface area contributed by atoms with E-state index in [-0.39, 0.29) is 16.4 Å². The summed E-state index contributed by atoms with van der Waals surface area (Å²) in [5.41, 5.74) is -0.243. The Morgan fingerprint density at radius 2 is 1.68 bits per heavy atom. The predicted molar refractivity (Wildman–Crippen MR) is 86.9 cm³/mol. The third-order valence-corrected chi connectivity index (χ3v) is 7.43. The van der Waals surface area contributed by atoms with Crippen LogP contribution in [0, 0.1) is 23.2 Å². The second-order valence-electron chi connectivity index (χ2n) is 8.19. The highest BCUT2D eigenvalue weighted by Gasteiger charge is 2.55. The van der Waals surface area contributed by atoms with Gasteiger partial charge in [0, 0.05) is 12.5 Å². The second-order valence-corrected chi connectivity index (χ2v) is 9.49. The average molecular weight is 373 g/mol. The summed E-state index contributed by atoms with van der Waals surface area (Å²) in [6.07, 6.45) is 2.14. The minimum Gasteiger partial charge on any atom is -0.302 e. The van der Waals surface area contributed by atoms with Crippen LogP contribution in [0.1, 0.15) is 51.3 Å². The van der Waals surface area contributed by atoms with Crippen molar-refractivity contribution in [2.75, 3.05) is 0 Å². The molecule has 1 aromatic rings. The van der Waals surface area contributed by atoms with Gasteiger partial charge in [-0.1, -0.05) is 11.8 Å². The molecular formula is C17H22F3N3OS. The van der Waals surface area contributed by atoms with Gasteiger partial charge < -0.3 is 4.57 Å². The number of rotatable bonds is 4. The fourth-order valence-corrected chi connectivity index (χ4v) is 6.73. The number of nitrogens with zero attached hydrogens (tertiary/aromatic N) is 3. The van der Waals surface area contributed by atoms with Gasteiger partial charge in [-0.2, -0.15) is 13.2 Å². The van der Waals surface area contributed by atoms with Crippen molar-refractivity contribution in [1.29, 1.82) is 0 Å². The fourth-order valence-electron chi connectivity index (χ4n) is 5.72. The summed E-state index contributed by atoms with van der Waals surface area (Å²) in [6.45, 7) is 1.80. The third-order valence-electron chi connectivity index (χ3n) is 6.30. The first-order chi connectivity index (χ1) is 11.7. The van der Waals surface area contributed by atoms with Crippen molar-refractivity contribution in [2.24, 2.45) is 30.2 Å². The standard InChI is InChI=1S/C17H22F3N3OS/c1-9(25-15-22-21-14(23(15)2)17(18,19)20)13(24)16-6-10-3-11(7-16)5-12(4-10)8-16/h9-12H,3-8H2,1-2H3. The molecule has 1 unspecified atom stereocenters. The predicted octanol–water partition coefficient (Wildman–Crippen LogP) is 4.10. The lowest BCUT2D eigenvalue weighted by Crippen LogP contribution is -2.51. The van der Waals surface area contributed by atoms with Crippen LogP contribution >= 0.6 is 11.8 Å². The molecule has 0 N–H and O–H groups in total. The Hall–Kier alpha value is -1.05. The first kappa shape index (κ1) is 17.4. The van der Waals surface area contributed by atoms with E-state index in [2.05, 4.69) is 10.2 Å². The summed E-state index contributed by atoms with van der Waals surface area (Å²) in [5, 5.41) is 6.65. The van der Waals surface area contributed by atoms with Gasteiger partial charge in [-0.15, -0.1) is 10.2 Å². The van der Waals surface area contributed by atoms with Gasteiger partial charge in [0.1, 0.15) is 0 Å². The average Bonchev–Trinajstić information content (AvgIpc) is 2.86. The molecule has 4 fully saturated rings. The number of ketones is 1. The number of thioether (sulfide) groups is 1. The van der Waals surface area contributed by atoms with Gasteiger partial charge in [-0.25, -0.2) is 0 Å². The number of carbonyl (C=O) groups is 1. The topological polar surface area (TPSA) is 47.8 Å². The van der Waals surface area contributed by atoms with Crippen molar-refractivity contribution >= 4 is 17.5 Å². The van der Waals surface area contributed by atoms with E-state index in [1.165, 1.54) is 26.3 Å². The van der Waals surface area contributed by atoms with E-state index in [1.54, 1.807) is 6.92 Å². The molecule has 8 heteroatoms. The number of carbonyl (C=O) groups excluding carboxylic acids is 1. The molecule has 0 amide bonds. The van der Waals surface area contributed by atoms with E-state index in [0.29, 0.717) is 17.8 Å². The van der Waals surface area contributed by atoms with Gasteiger partial charge in [0.2, 0.25) is 5.82 Å². The van der Waals surface area contributed by atoms with E-state index >= 15 is 0 Å². The normalized spacial score (nSPS) is 35.2. The van der Waals surface area contributed by atoms with Crippen molar-refractivity contribution in [1.82, 2.24) is 14.8 Å². The first-order valence-electron chi connectivity index (χ1n) is 8.85. The Labute approximate surface area is 148 Å². The molecule has 4 saturated carbocycles. The van der Waals surface area contributed by atoms with E-state index in [0.717, 1.165) is 35.6 Å². The zero-order valence-electron chi connectivity index (χ0n) is 14.3. The van der Waals surface area contributed by atoms with Gasteiger partial charge in [-0.3, -0.25) is 4.79 Å². The quantitative estimate of drug-likeness (QED) is 0.746. The van der Waals surface area contributed by atoms with E-state index < -0.39 is 17.3 Å². The van der Waals surface area contributed by atoms with Crippen molar-refractivity contribution < 1.29 is 18.0 Å². The number of alkyl halides is 3. The van der Waals surface area contributed by atoms with Crippen LogP contribution in [0.2, 0.25) is 0 Å². The monoisotopic (exact) mass is 373 g/mol. The zero-order chi connectivity index (χ0) is 18.0. The Morgan fingerprint density at radius 3 is 2.12 bits per heavy atom. The number of aromatic nitrogens is 3. The Kier molecular flexibility index (Phi) is 3.98. The highest BCUT2D eigenvalue weighted by molar-refractivity contribution is 8.00. The lowest BCUT2D eigenvalue weighted by Gasteiger charge is -2.56. The second kappa shape index (κ2) is 5.72. The van der Waals surface area contributed by atoms with Gasteiger partial charge in [-0.05, 0) is 63.2 Å². The molecule has 0 aromatic carbocycles. The maximum atomic E-state index is 13.2. The molecule has 0 spiro atoms. The third kappa shape index (κ3) is 2.90. The van der Waals surface area contributed by atoms with Crippen molar-refractivity contribution in [2.45, 2.75) is 62.0 Å². The summed E-state index contributed by atoms with van der Waals surface area (Å²) in [4.78, 5) is 13.2. The minimum absolute atomic E-state index is 0.151. The van der Waals surface area contributed by atoms with E-state index in [9.17, 15) is 18.0 Å². The molecule has 138 valence electrons. The first-order valence-corrected chi connectivity index (χ1v) is 9.73. The SMILES string of the molecule is CC(Sc1nnc(C(F)(F)F)n1C)C(=O)C12CC3CC(CC(C3)C1)C2. The molecule has 4 nitrogen and oxygen atoms in total. The summed E-state index contributed by atoms with van der Waals surface area (Å²) in [6, 6.07) is 0.